The van der Waals surface area contributed by atoms with E-state index in [0.717, 1.165) is 11.4 Å². The predicted octanol–water partition coefficient (Wildman–Crippen LogP) is 2.75. The Morgan fingerprint density at radius 1 is 1.29 bits per heavy atom. The average molecular weight is 488 g/mol. The van der Waals surface area contributed by atoms with Crippen LogP contribution in [0, 0.1) is 48.3 Å². The highest BCUT2D eigenvalue weighted by molar-refractivity contribution is 7.13. The Kier molecular flexibility index (Phi) is 5.14. The van der Waals surface area contributed by atoms with Crippen LogP contribution in [0.4, 0.5) is 0 Å². The number of aliphatic hydroxyl groups excluding tert-OH is 2. The summed E-state index contributed by atoms with van der Waals surface area (Å²) in [6.45, 7) is 11.0. The number of Topliss-reactive ketones (excluding diaryl/α,β-unsaturated/α-hetero) is 1. The van der Waals surface area contributed by atoms with Gasteiger partial charge in [-0.3, -0.25) is 4.79 Å². The van der Waals surface area contributed by atoms with Crippen LogP contribution in [0.25, 0.3) is 0 Å². The highest BCUT2D eigenvalue weighted by Crippen LogP contribution is 2.71. The number of aliphatic hydroxyl groups is 3. The Morgan fingerprint density at radius 3 is 2.56 bits per heavy atom. The molecule has 0 aliphatic heterocycles. The van der Waals surface area contributed by atoms with E-state index in [1.54, 1.807) is 32.9 Å². The molecule has 1 aromatic rings. The minimum atomic E-state index is -2.12. The molecule has 5 rings (SSSR count). The molecule has 1 heterocycles. The molecule has 3 N–H and O–H groups in total. The van der Waals surface area contributed by atoms with Crippen LogP contribution in [-0.4, -0.2) is 56.5 Å². The van der Waals surface area contributed by atoms with Gasteiger partial charge in [0.25, 0.3) is 0 Å². The number of aryl methyl sites for hydroxylation is 2. The summed E-state index contributed by atoms with van der Waals surface area (Å²) in [5.74, 6) is -1.25. The number of ketones is 1. The highest BCUT2D eigenvalue weighted by Gasteiger charge is 2.76. The van der Waals surface area contributed by atoms with E-state index in [0.29, 0.717) is 22.1 Å². The smallest absolute Gasteiger partial charge is 0.350 e. The normalized spacial score (nSPS) is 42.1. The Bertz CT molecular complexity index is 1150. The number of rotatable bonds is 3. The largest absolute Gasteiger partial charge is 0.450 e. The first-order chi connectivity index (χ1) is 15.8. The molecule has 1 spiro atoms. The van der Waals surface area contributed by atoms with E-state index in [4.69, 9.17) is 4.74 Å². The third kappa shape index (κ3) is 2.77. The number of esters is 1. The van der Waals surface area contributed by atoms with Crippen molar-refractivity contribution in [1.82, 2.24) is 4.98 Å². The summed E-state index contributed by atoms with van der Waals surface area (Å²) in [6, 6.07) is 0. The number of nitrogens with zero attached hydrogens (tertiary/aromatic N) is 1. The molecule has 8 atom stereocenters. The van der Waals surface area contributed by atoms with Gasteiger partial charge >= 0.3 is 5.97 Å². The van der Waals surface area contributed by atoms with Crippen LogP contribution in [0.1, 0.15) is 54.5 Å². The topological polar surface area (TPSA) is 117 Å². The molecule has 184 valence electrons. The van der Waals surface area contributed by atoms with Gasteiger partial charge in [-0.1, -0.05) is 32.9 Å². The zero-order chi connectivity index (χ0) is 25.0. The van der Waals surface area contributed by atoms with Crippen LogP contribution in [0.3, 0.4) is 0 Å². The fourth-order valence-electron chi connectivity index (χ4n) is 7.47. The molecule has 2 saturated carbocycles. The maximum atomic E-state index is 14.3. The van der Waals surface area contributed by atoms with Gasteiger partial charge in [0.1, 0.15) is 11.0 Å². The van der Waals surface area contributed by atoms with Crippen molar-refractivity contribution in [1.29, 1.82) is 0 Å². The van der Waals surface area contributed by atoms with Crippen LogP contribution in [0.5, 0.6) is 0 Å². The third-order valence-corrected chi connectivity index (χ3v) is 10.3. The number of carbonyl (C=O) groups excluding carboxylic acids is 2. The summed E-state index contributed by atoms with van der Waals surface area (Å²) in [5.41, 5.74) is -2.32. The first-order valence-corrected chi connectivity index (χ1v) is 12.7. The average Bonchev–Trinajstić information content (AvgIpc) is 3.04. The van der Waals surface area contributed by atoms with E-state index in [9.17, 15) is 24.9 Å². The molecular weight excluding hydrogens is 454 g/mol. The molecule has 2 fully saturated rings. The number of thiazole rings is 1. The van der Waals surface area contributed by atoms with Gasteiger partial charge in [0, 0.05) is 5.92 Å². The minimum absolute atomic E-state index is 0.0363. The summed E-state index contributed by atoms with van der Waals surface area (Å²) in [7, 11) is 0. The lowest BCUT2D eigenvalue weighted by atomic mass is 9.59. The molecular formula is C26H33NO6S. The lowest BCUT2D eigenvalue weighted by Gasteiger charge is -2.48. The van der Waals surface area contributed by atoms with E-state index in [-0.39, 0.29) is 28.6 Å². The molecule has 8 heteroatoms. The number of allylic oxidation sites excluding steroid dienone is 1. The van der Waals surface area contributed by atoms with E-state index < -0.39 is 41.7 Å². The minimum Gasteiger partial charge on any atom is -0.450 e. The van der Waals surface area contributed by atoms with E-state index in [2.05, 4.69) is 18.8 Å². The number of carbonyl (C=O) groups is 2. The van der Waals surface area contributed by atoms with Gasteiger partial charge in [0.15, 0.2) is 17.5 Å². The van der Waals surface area contributed by atoms with Gasteiger partial charge < -0.3 is 20.1 Å². The molecule has 0 aromatic carbocycles. The molecule has 0 radical (unpaired) electrons. The van der Waals surface area contributed by atoms with Gasteiger partial charge in [0.2, 0.25) is 0 Å². The molecule has 4 aliphatic rings. The molecule has 0 saturated heterocycles. The molecule has 34 heavy (non-hydrogen) atoms. The zero-order valence-corrected chi connectivity index (χ0v) is 21.3. The summed E-state index contributed by atoms with van der Waals surface area (Å²) < 4.78 is 5.89. The lowest BCUT2D eigenvalue weighted by Crippen LogP contribution is -2.65. The van der Waals surface area contributed by atoms with Gasteiger partial charge in [-0.2, -0.15) is 0 Å². The predicted molar refractivity (Wildman–Crippen MR) is 126 cm³/mol. The van der Waals surface area contributed by atoms with Gasteiger partial charge in [0.05, 0.1) is 22.7 Å². The number of hydrogen-bond acceptors (Lipinski definition) is 8. The summed E-state index contributed by atoms with van der Waals surface area (Å²) in [4.78, 5) is 32.1. The zero-order valence-electron chi connectivity index (χ0n) is 20.5. The molecule has 0 amide bonds. The molecule has 0 unspecified atom stereocenters. The van der Waals surface area contributed by atoms with Crippen LogP contribution in [0.15, 0.2) is 23.3 Å². The number of hydrogen-bond donors (Lipinski definition) is 3. The van der Waals surface area contributed by atoms with Gasteiger partial charge in [-0.25, -0.2) is 9.78 Å². The van der Waals surface area contributed by atoms with Crippen LogP contribution in [0.2, 0.25) is 0 Å². The van der Waals surface area contributed by atoms with Gasteiger partial charge in [-0.05, 0) is 61.5 Å². The Morgan fingerprint density at radius 2 is 1.97 bits per heavy atom. The summed E-state index contributed by atoms with van der Waals surface area (Å²) in [5, 5.41) is 34.8. The second kappa shape index (κ2) is 7.32. The molecule has 4 aliphatic carbocycles. The molecule has 1 aromatic heterocycles. The Balaban J connectivity index is 1.64. The first-order valence-electron chi connectivity index (χ1n) is 11.9. The summed E-state index contributed by atoms with van der Waals surface area (Å²) >= 11 is 1.20. The number of fused-ring (bicyclic) bond motifs is 3. The monoisotopic (exact) mass is 487 g/mol. The van der Waals surface area contributed by atoms with Crippen molar-refractivity contribution in [2.45, 2.75) is 65.8 Å². The Labute approximate surface area is 203 Å². The van der Waals surface area contributed by atoms with Crippen molar-refractivity contribution in [2.24, 2.45) is 34.5 Å². The molecule has 7 nitrogen and oxygen atoms in total. The van der Waals surface area contributed by atoms with Crippen LogP contribution >= 0.6 is 11.3 Å². The fourth-order valence-corrected chi connectivity index (χ4v) is 8.28. The first kappa shape index (κ1) is 23.9. The second-order valence-corrected chi connectivity index (χ2v) is 12.5. The number of aromatic nitrogens is 1. The standard InChI is InChI=1S/C26H33NO6S/c1-11-9-25-12(2)7-17-18(24(17,5)6)16(21(25)30)8-15(10-28)20(29)26(25,32)22(11)33-23(31)19-13(3)27-14(4)34-19/h8-9,12,16-18,20,22,28-29,32H,7,10H2,1-6H3/t12-,16+,17-,18+,20-,22+,25+,26+/m1/s1. The number of ether oxygens (including phenoxy) is 1. The van der Waals surface area contributed by atoms with Crippen molar-refractivity contribution in [3.8, 4) is 0 Å². The van der Waals surface area contributed by atoms with Crippen molar-refractivity contribution in [3.63, 3.8) is 0 Å². The van der Waals surface area contributed by atoms with Crippen molar-refractivity contribution in [2.75, 3.05) is 6.61 Å². The molecule has 2 bridgehead atoms. The SMILES string of the molecule is CC1=C[C@]23C(=O)[C@@H](C=C(CO)[C@@H](O)[C@]2(O)[C@H]1OC(=O)c1sc(C)nc1C)[C@H]1[C@@H](C[C@H]3C)C1(C)C. The summed E-state index contributed by atoms with van der Waals surface area (Å²) in [6.07, 6.45) is 1.33. The van der Waals surface area contributed by atoms with E-state index >= 15 is 0 Å². The Hall–Kier alpha value is -1.87. The second-order valence-electron chi connectivity index (χ2n) is 11.3. The lowest BCUT2D eigenvalue weighted by molar-refractivity contribution is -0.190. The third-order valence-electron chi connectivity index (χ3n) is 9.21. The van der Waals surface area contributed by atoms with Crippen molar-refractivity contribution in [3.05, 3.63) is 38.9 Å². The van der Waals surface area contributed by atoms with Crippen LogP contribution < -0.4 is 0 Å². The maximum Gasteiger partial charge on any atom is 0.350 e. The van der Waals surface area contributed by atoms with Crippen molar-refractivity contribution < 1.29 is 29.6 Å². The van der Waals surface area contributed by atoms with Crippen molar-refractivity contribution >= 4 is 23.1 Å². The maximum absolute atomic E-state index is 14.3. The van der Waals surface area contributed by atoms with Crippen LogP contribution in [-0.2, 0) is 9.53 Å². The van der Waals surface area contributed by atoms with E-state index in [1.807, 2.05) is 6.92 Å². The fraction of sp³-hybridized carbons (Fsp3) is 0.654. The van der Waals surface area contributed by atoms with E-state index in [1.165, 1.54) is 11.3 Å². The van der Waals surface area contributed by atoms with Gasteiger partial charge in [-0.15, -0.1) is 11.3 Å². The quantitative estimate of drug-likeness (QED) is 0.443. The highest BCUT2D eigenvalue weighted by atomic mass is 32.1.